The Hall–Kier alpha value is -2.44. The molecule has 3 heterocycles. The molecular weight excluding hydrogens is 422 g/mol. The first kappa shape index (κ1) is 17.9. The molecule has 0 spiro atoms. The highest BCUT2D eigenvalue weighted by Gasteiger charge is 2.19. The third-order valence-corrected chi connectivity index (χ3v) is 6.22. The standard InChI is InChI=1S/C21H18BrN3OS/c1-14-5-4-6-15(9-14)12-25-18(10-19-20(25)17(22)13-27-19)21(26)24-11-16-7-2-3-8-23-16/h2-10,13H,11-12H2,1H3,(H,24,26). The first-order valence-corrected chi connectivity index (χ1v) is 10.3. The van der Waals surface area contributed by atoms with Crippen molar-refractivity contribution in [2.75, 3.05) is 0 Å². The third-order valence-electron chi connectivity index (χ3n) is 4.39. The van der Waals surface area contributed by atoms with Crippen molar-refractivity contribution in [3.05, 3.63) is 87.1 Å². The van der Waals surface area contributed by atoms with Crippen molar-refractivity contribution in [1.82, 2.24) is 14.9 Å². The van der Waals surface area contributed by atoms with E-state index in [4.69, 9.17) is 0 Å². The fourth-order valence-corrected chi connectivity index (χ4v) is 4.83. The number of hydrogen-bond donors (Lipinski definition) is 1. The van der Waals surface area contributed by atoms with E-state index in [2.05, 4.69) is 67.4 Å². The smallest absolute Gasteiger partial charge is 0.268 e. The van der Waals surface area contributed by atoms with Gasteiger partial charge < -0.3 is 9.88 Å². The van der Waals surface area contributed by atoms with E-state index in [-0.39, 0.29) is 5.91 Å². The van der Waals surface area contributed by atoms with Gasteiger partial charge in [0, 0.05) is 18.1 Å². The van der Waals surface area contributed by atoms with Crippen LogP contribution < -0.4 is 5.32 Å². The van der Waals surface area contributed by atoms with Crippen molar-refractivity contribution in [3.63, 3.8) is 0 Å². The number of aryl methyl sites for hydroxylation is 1. The summed E-state index contributed by atoms with van der Waals surface area (Å²) in [6.45, 7) is 3.13. The highest BCUT2D eigenvalue weighted by atomic mass is 79.9. The number of carbonyl (C=O) groups is 1. The van der Waals surface area contributed by atoms with E-state index in [9.17, 15) is 4.79 Å². The van der Waals surface area contributed by atoms with Crippen LogP contribution in [0.2, 0.25) is 0 Å². The summed E-state index contributed by atoms with van der Waals surface area (Å²) in [6.07, 6.45) is 1.73. The highest BCUT2D eigenvalue weighted by molar-refractivity contribution is 9.10. The molecule has 1 aromatic carbocycles. The zero-order valence-corrected chi connectivity index (χ0v) is 17.2. The summed E-state index contributed by atoms with van der Waals surface area (Å²) in [5.74, 6) is -0.0939. The summed E-state index contributed by atoms with van der Waals surface area (Å²) in [5.41, 5.74) is 4.94. The van der Waals surface area contributed by atoms with Gasteiger partial charge >= 0.3 is 0 Å². The Bertz CT molecular complexity index is 1100. The lowest BCUT2D eigenvalue weighted by Gasteiger charge is -2.12. The molecule has 136 valence electrons. The lowest BCUT2D eigenvalue weighted by molar-refractivity contribution is 0.0942. The first-order chi connectivity index (χ1) is 13.1. The molecule has 4 aromatic rings. The molecule has 0 saturated carbocycles. The molecule has 0 unspecified atom stereocenters. The molecule has 0 bridgehead atoms. The van der Waals surface area contributed by atoms with Crippen molar-refractivity contribution in [3.8, 4) is 0 Å². The lowest BCUT2D eigenvalue weighted by atomic mass is 10.1. The Balaban J connectivity index is 1.66. The van der Waals surface area contributed by atoms with Gasteiger partial charge in [-0.25, -0.2) is 0 Å². The number of amides is 1. The van der Waals surface area contributed by atoms with E-state index in [1.54, 1.807) is 17.5 Å². The summed E-state index contributed by atoms with van der Waals surface area (Å²) in [6, 6.07) is 16.0. The van der Waals surface area contributed by atoms with Crippen LogP contribution in [0.15, 0.2) is 64.6 Å². The van der Waals surface area contributed by atoms with Gasteiger partial charge in [0.15, 0.2) is 0 Å². The van der Waals surface area contributed by atoms with Crippen LogP contribution >= 0.6 is 27.3 Å². The Morgan fingerprint density at radius 2 is 2.11 bits per heavy atom. The number of aromatic nitrogens is 2. The van der Waals surface area contributed by atoms with Crippen LogP contribution in [0.1, 0.15) is 27.3 Å². The molecule has 0 aliphatic heterocycles. The van der Waals surface area contributed by atoms with E-state index in [1.807, 2.05) is 24.3 Å². The number of benzene rings is 1. The van der Waals surface area contributed by atoms with Crippen LogP contribution in [-0.2, 0) is 13.1 Å². The normalized spacial score (nSPS) is 11.0. The van der Waals surface area contributed by atoms with E-state index in [0.29, 0.717) is 18.8 Å². The average molecular weight is 440 g/mol. The maximum atomic E-state index is 12.9. The quantitative estimate of drug-likeness (QED) is 0.467. The van der Waals surface area contributed by atoms with Crippen molar-refractivity contribution in [2.24, 2.45) is 0 Å². The summed E-state index contributed by atoms with van der Waals surface area (Å²) < 4.78 is 4.19. The zero-order valence-electron chi connectivity index (χ0n) is 14.8. The molecule has 6 heteroatoms. The fourth-order valence-electron chi connectivity index (χ4n) is 3.14. The summed E-state index contributed by atoms with van der Waals surface area (Å²) in [5, 5.41) is 5.05. The van der Waals surface area contributed by atoms with Gasteiger partial charge in [0.1, 0.15) is 5.69 Å². The topological polar surface area (TPSA) is 46.9 Å². The fraction of sp³-hybridized carbons (Fsp3) is 0.143. The molecule has 0 radical (unpaired) electrons. The molecule has 0 aliphatic rings. The molecule has 0 saturated heterocycles. The van der Waals surface area contributed by atoms with Crippen molar-refractivity contribution in [1.29, 1.82) is 0 Å². The van der Waals surface area contributed by atoms with Crippen LogP contribution in [0.3, 0.4) is 0 Å². The number of pyridine rings is 1. The first-order valence-electron chi connectivity index (χ1n) is 8.61. The van der Waals surface area contributed by atoms with Gasteiger partial charge in [-0.05, 0) is 46.6 Å². The van der Waals surface area contributed by atoms with Crippen LogP contribution in [0, 0.1) is 6.92 Å². The number of thiophene rings is 1. The molecule has 3 aromatic heterocycles. The average Bonchev–Trinajstić information content (AvgIpc) is 3.21. The van der Waals surface area contributed by atoms with E-state index in [0.717, 1.165) is 20.4 Å². The zero-order chi connectivity index (χ0) is 18.8. The van der Waals surface area contributed by atoms with Gasteiger partial charge in [0.05, 0.1) is 26.9 Å². The molecule has 1 N–H and O–H groups in total. The van der Waals surface area contributed by atoms with Gasteiger partial charge in [-0.15, -0.1) is 11.3 Å². The number of hydrogen-bond acceptors (Lipinski definition) is 3. The molecule has 0 aliphatic carbocycles. The van der Waals surface area contributed by atoms with E-state index >= 15 is 0 Å². The Kier molecular flexibility index (Phi) is 5.09. The summed E-state index contributed by atoms with van der Waals surface area (Å²) >= 11 is 5.27. The maximum absolute atomic E-state index is 12.9. The molecule has 27 heavy (non-hydrogen) atoms. The summed E-state index contributed by atoms with van der Waals surface area (Å²) in [7, 11) is 0. The monoisotopic (exact) mass is 439 g/mol. The van der Waals surface area contributed by atoms with Crippen molar-refractivity contribution in [2.45, 2.75) is 20.0 Å². The van der Waals surface area contributed by atoms with Gasteiger partial charge in [0.25, 0.3) is 5.91 Å². The number of nitrogens with zero attached hydrogens (tertiary/aromatic N) is 2. The highest BCUT2D eigenvalue weighted by Crippen LogP contribution is 2.33. The number of halogens is 1. The van der Waals surface area contributed by atoms with E-state index in [1.165, 1.54) is 11.1 Å². The predicted octanol–water partition coefficient (Wildman–Crippen LogP) is 5.15. The van der Waals surface area contributed by atoms with Crippen LogP contribution in [0.5, 0.6) is 0 Å². The number of nitrogens with one attached hydrogen (secondary N) is 1. The predicted molar refractivity (Wildman–Crippen MR) is 113 cm³/mol. The Labute approximate surface area is 170 Å². The van der Waals surface area contributed by atoms with E-state index < -0.39 is 0 Å². The second kappa shape index (κ2) is 7.66. The maximum Gasteiger partial charge on any atom is 0.268 e. The van der Waals surface area contributed by atoms with Gasteiger partial charge in [-0.3, -0.25) is 9.78 Å². The van der Waals surface area contributed by atoms with Crippen LogP contribution in [0.4, 0.5) is 0 Å². The van der Waals surface area contributed by atoms with Crippen LogP contribution in [0.25, 0.3) is 10.2 Å². The summed E-state index contributed by atoms with van der Waals surface area (Å²) in [4.78, 5) is 17.2. The Morgan fingerprint density at radius 1 is 1.22 bits per heavy atom. The van der Waals surface area contributed by atoms with Gasteiger partial charge in [0.2, 0.25) is 0 Å². The largest absolute Gasteiger partial charge is 0.345 e. The number of carbonyl (C=O) groups excluding carboxylic acids is 1. The second-order valence-electron chi connectivity index (χ2n) is 6.41. The Morgan fingerprint density at radius 3 is 2.89 bits per heavy atom. The number of fused-ring (bicyclic) bond motifs is 1. The van der Waals surface area contributed by atoms with Gasteiger partial charge in [-0.1, -0.05) is 35.9 Å². The molecular formula is C21H18BrN3OS. The molecule has 4 rings (SSSR count). The molecule has 0 atom stereocenters. The number of rotatable bonds is 5. The van der Waals surface area contributed by atoms with Gasteiger partial charge in [-0.2, -0.15) is 0 Å². The van der Waals surface area contributed by atoms with Crippen molar-refractivity contribution >= 4 is 43.4 Å². The minimum absolute atomic E-state index is 0.0939. The SMILES string of the molecule is Cc1cccc(Cn2c(C(=O)NCc3ccccn3)cc3scc(Br)c32)c1. The molecule has 1 amide bonds. The van der Waals surface area contributed by atoms with Crippen molar-refractivity contribution < 1.29 is 4.79 Å². The lowest BCUT2D eigenvalue weighted by Crippen LogP contribution is -2.26. The minimum atomic E-state index is -0.0939. The van der Waals surface area contributed by atoms with Crippen LogP contribution in [-0.4, -0.2) is 15.5 Å². The second-order valence-corrected chi connectivity index (χ2v) is 8.17. The molecule has 4 nitrogen and oxygen atoms in total. The molecule has 0 fully saturated rings. The third kappa shape index (κ3) is 3.82. The minimum Gasteiger partial charge on any atom is -0.345 e.